The average molecular weight is 418 g/mol. The van der Waals surface area contributed by atoms with Crippen LogP contribution in [0.5, 0.6) is 0 Å². The van der Waals surface area contributed by atoms with E-state index in [2.05, 4.69) is 17.6 Å². The summed E-state index contributed by atoms with van der Waals surface area (Å²) < 4.78 is 2.19. The van der Waals surface area contributed by atoms with Gasteiger partial charge in [0.25, 0.3) is 0 Å². The fourth-order valence-electron chi connectivity index (χ4n) is 4.38. The van der Waals surface area contributed by atoms with E-state index in [0.29, 0.717) is 23.2 Å². The largest absolute Gasteiger partial charge is 0.366 e. The standard InChI is InChI=1S/C28H22N2O2/c1-18-13-14-22-25(15-18)30(24-12-6-11-23(26(22)24)28(29)32)17-19-7-5-10-21(16-19)27(31)20-8-3-2-4-9-20/h2-16H,17H2,1H3,(H2,29,32). The van der Waals surface area contributed by atoms with Crippen LogP contribution in [-0.4, -0.2) is 16.3 Å². The second kappa shape index (κ2) is 7.82. The summed E-state index contributed by atoms with van der Waals surface area (Å²) in [4.78, 5) is 25.1. The molecular weight excluding hydrogens is 396 g/mol. The molecular formula is C28H22N2O2. The first kappa shape index (κ1) is 19.8. The topological polar surface area (TPSA) is 65.1 Å². The Labute approximate surface area is 185 Å². The van der Waals surface area contributed by atoms with E-state index >= 15 is 0 Å². The maximum atomic E-state index is 12.9. The molecule has 5 aromatic rings. The van der Waals surface area contributed by atoms with E-state index in [1.807, 2.05) is 78.9 Å². The molecule has 4 aromatic carbocycles. The van der Waals surface area contributed by atoms with Gasteiger partial charge >= 0.3 is 0 Å². The minimum Gasteiger partial charge on any atom is -0.366 e. The molecule has 0 saturated carbocycles. The third kappa shape index (κ3) is 3.36. The van der Waals surface area contributed by atoms with Crippen molar-refractivity contribution >= 4 is 33.5 Å². The Kier molecular flexibility index (Phi) is 4.83. The van der Waals surface area contributed by atoms with E-state index in [9.17, 15) is 9.59 Å². The molecule has 0 aliphatic carbocycles. The van der Waals surface area contributed by atoms with Crippen LogP contribution in [0, 0.1) is 6.92 Å². The van der Waals surface area contributed by atoms with Gasteiger partial charge in [-0.3, -0.25) is 9.59 Å². The maximum absolute atomic E-state index is 12.9. The Hall–Kier alpha value is -4.18. The Balaban J connectivity index is 1.65. The van der Waals surface area contributed by atoms with Crippen LogP contribution in [0.3, 0.4) is 0 Å². The Morgan fingerprint density at radius 3 is 2.31 bits per heavy atom. The van der Waals surface area contributed by atoms with Crippen molar-refractivity contribution in [2.75, 3.05) is 0 Å². The van der Waals surface area contributed by atoms with Crippen LogP contribution in [0.1, 0.15) is 37.4 Å². The number of aromatic nitrogens is 1. The van der Waals surface area contributed by atoms with Gasteiger partial charge < -0.3 is 10.3 Å². The Bertz CT molecular complexity index is 1500. The van der Waals surface area contributed by atoms with Gasteiger partial charge in [-0.05, 0) is 42.3 Å². The van der Waals surface area contributed by atoms with Gasteiger partial charge in [-0.1, -0.05) is 66.7 Å². The van der Waals surface area contributed by atoms with Crippen LogP contribution in [0.2, 0.25) is 0 Å². The van der Waals surface area contributed by atoms with Crippen LogP contribution in [-0.2, 0) is 6.54 Å². The van der Waals surface area contributed by atoms with Crippen LogP contribution >= 0.6 is 0 Å². The van der Waals surface area contributed by atoms with E-state index in [-0.39, 0.29) is 5.78 Å². The number of benzene rings is 4. The molecule has 0 spiro atoms. The molecule has 0 radical (unpaired) electrons. The lowest BCUT2D eigenvalue weighted by Gasteiger charge is -2.10. The lowest BCUT2D eigenvalue weighted by atomic mass is 10.0. The molecule has 4 nitrogen and oxygen atoms in total. The zero-order valence-corrected chi connectivity index (χ0v) is 17.7. The molecule has 32 heavy (non-hydrogen) atoms. The highest BCUT2D eigenvalue weighted by Gasteiger charge is 2.17. The zero-order valence-electron chi connectivity index (χ0n) is 17.7. The highest BCUT2D eigenvalue weighted by atomic mass is 16.1. The molecule has 0 saturated heterocycles. The van der Waals surface area contributed by atoms with Crippen LogP contribution in [0.15, 0.2) is 91.0 Å². The molecule has 5 rings (SSSR count). The highest BCUT2D eigenvalue weighted by molar-refractivity contribution is 6.18. The van der Waals surface area contributed by atoms with E-state index in [1.54, 1.807) is 6.07 Å². The molecule has 0 fully saturated rings. The number of nitrogens with two attached hydrogens (primary N) is 1. The molecule has 1 heterocycles. The summed E-state index contributed by atoms with van der Waals surface area (Å²) >= 11 is 0. The van der Waals surface area contributed by atoms with Gasteiger partial charge in [-0.15, -0.1) is 0 Å². The van der Waals surface area contributed by atoms with Gasteiger partial charge in [0.2, 0.25) is 5.91 Å². The zero-order chi connectivity index (χ0) is 22.2. The Morgan fingerprint density at radius 2 is 1.53 bits per heavy atom. The van der Waals surface area contributed by atoms with Crippen molar-refractivity contribution in [3.05, 3.63) is 119 Å². The third-order valence-corrected chi connectivity index (χ3v) is 5.88. The van der Waals surface area contributed by atoms with E-state index in [1.165, 1.54) is 0 Å². The number of carbonyl (C=O) groups excluding carboxylic acids is 2. The quantitative estimate of drug-likeness (QED) is 0.384. The first-order valence-corrected chi connectivity index (χ1v) is 10.5. The number of hydrogen-bond acceptors (Lipinski definition) is 2. The summed E-state index contributed by atoms with van der Waals surface area (Å²) in [5, 5.41) is 1.86. The van der Waals surface area contributed by atoms with Gasteiger partial charge in [-0.25, -0.2) is 0 Å². The second-order valence-corrected chi connectivity index (χ2v) is 8.07. The molecule has 1 aromatic heterocycles. The molecule has 0 aliphatic rings. The molecule has 156 valence electrons. The van der Waals surface area contributed by atoms with Gasteiger partial charge in [-0.2, -0.15) is 0 Å². The van der Waals surface area contributed by atoms with Gasteiger partial charge in [0.15, 0.2) is 5.78 Å². The molecule has 0 atom stereocenters. The molecule has 0 aliphatic heterocycles. The molecule has 4 heteroatoms. The normalized spacial score (nSPS) is 11.2. The van der Waals surface area contributed by atoms with E-state index < -0.39 is 5.91 Å². The summed E-state index contributed by atoms with van der Waals surface area (Å²) in [7, 11) is 0. The highest BCUT2D eigenvalue weighted by Crippen LogP contribution is 2.33. The summed E-state index contributed by atoms with van der Waals surface area (Å²) in [6.07, 6.45) is 0. The number of nitrogens with zero attached hydrogens (tertiary/aromatic N) is 1. The molecule has 0 bridgehead atoms. The average Bonchev–Trinajstić information content (AvgIpc) is 3.12. The van der Waals surface area contributed by atoms with Crippen molar-refractivity contribution in [2.24, 2.45) is 5.73 Å². The van der Waals surface area contributed by atoms with Crippen molar-refractivity contribution in [1.29, 1.82) is 0 Å². The summed E-state index contributed by atoms with van der Waals surface area (Å²) in [5.74, 6) is -0.438. The second-order valence-electron chi connectivity index (χ2n) is 8.07. The number of hydrogen-bond donors (Lipinski definition) is 1. The number of ketones is 1. The SMILES string of the molecule is Cc1ccc2c3c(C(N)=O)cccc3n(Cc3cccc(C(=O)c4ccccc4)c3)c2c1. The molecule has 1 amide bonds. The summed E-state index contributed by atoms with van der Waals surface area (Å²) in [6.45, 7) is 2.62. The number of aryl methyl sites for hydroxylation is 1. The van der Waals surface area contributed by atoms with Gasteiger partial charge in [0, 0.05) is 39.5 Å². The smallest absolute Gasteiger partial charge is 0.249 e. The number of rotatable bonds is 5. The number of carbonyl (C=O) groups is 2. The predicted octanol–water partition coefficient (Wildman–Crippen LogP) is 5.48. The van der Waals surface area contributed by atoms with Gasteiger partial charge in [0.1, 0.15) is 0 Å². The molecule has 2 N–H and O–H groups in total. The van der Waals surface area contributed by atoms with Crippen LogP contribution in [0.4, 0.5) is 0 Å². The van der Waals surface area contributed by atoms with Crippen molar-refractivity contribution in [3.8, 4) is 0 Å². The Morgan fingerprint density at radius 1 is 0.781 bits per heavy atom. The lowest BCUT2D eigenvalue weighted by molar-refractivity contribution is 0.1000. The van der Waals surface area contributed by atoms with E-state index in [0.717, 1.165) is 32.9 Å². The first-order valence-electron chi connectivity index (χ1n) is 10.5. The van der Waals surface area contributed by atoms with Crippen molar-refractivity contribution < 1.29 is 9.59 Å². The number of primary amides is 1. The van der Waals surface area contributed by atoms with Crippen LogP contribution in [0.25, 0.3) is 21.8 Å². The van der Waals surface area contributed by atoms with Crippen molar-refractivity contribution in [1.82, 2.24) is 4.57 Å². The van der Waals surface area contributed by atoms with E-state index in [4.69, 9.17) is 5.73 Å². The minimum atomic E-state index is -0.439. The van der Waals surface area contributed by atoms with Crippen LogP contribution < -0.4 is 5.73 Å². The molecule has 0 unspecified atom stereocenters. The van der Waals surface area contributed by atoms with Gasteiger partial charge in [0.05, 0.1) is 5.52 Å². The summed E-state index contributed by atoms with van der Waals surface area (Å²) in [5.41, 5.74) is 11.7. The fraction of sp³-hybridized carbons (Fsp3) is 0.0714. The monoisotopic (exact) mass is 418 g/mol. The minimum absolute atomic E-state index is 0.00142. The predicted molar refractivity (Wildman–Crippen MR) is 128 cm³/mol. The first-order chi connectivity index (χ1) is 15.5. The number of amides is 1. The fourth-order valence-corrected chi connectivity index (χ4v) is 4.38. The number of fused-ring (bicyclic) bond motifs is 3. The summed E-state index contributed by atoms with van der Waals surface area (Å²) in [6, 6.07) is 28.9. The third-order valence-electron chi connectivity index (χ3n) is 5.88. The van der Waals surface area contributed by atoms with Crippen molar-refractivity contribution in [2.45, 2.75) is 13.5 Å². The maximum Gasteiger partial charge on any atom is 0.249 e. The lowest BCUT2D eigenvalue weighted by Crippen LogP contribution is -2.11. The van der Waals surface area contributed by atoms with Crippen molar-refractivity contribution in [3.63, 3.8) is 0 Å².